The Bertz CT molecular complexity index is 854. The van der Waals surface area contributed by atoms with Gasteiger partial charge >= 0.3 is 0 Å². The van der Waals surface area contributed by atoms with Crippen LogP contribution in [0.2, 0.25) is 0 Å². The first-order valence-corrected chi connectivity index (χ1v) is 10.3. The Morgan fingerprint density at radius 3 is 2.31 bits per heavy atom. The van der Waals surface area contributed by atoms with Gasteiger partial charge in [-0.3, -0.25) is 14.5 Å². The number of nitrogens with one attached hydrogen (secondary N) is 1. The van der Waals surface area contributed by atoms with E-state index >= 15 is 0 Å². The molecule has 2 fully saturated rings. The molecule has 4 rings (SSSR count). The minimum absolute atomic E-state index is 0.0146. The molecule has 6 heteroatoms. The summed E-state index contributed by atoms with van der Waals surface area (Å²) in [6.07, 6.45) is 2.08. The van der Waals surface area contributed by atoms with Crippen molar-refractivity contribution in [3.8, 4) is 0 Å². The molecule has 2 aliphatic rings. The normalized spacial score (nSPS) is 17.3. The first-order chi connectivity index (χ1) is 14.2. The van der Waals surface area contributed by atoms with Crippen LogP contribution < -0.4 is 5.32 Å². The zero-order valence-electron chi connectivity index (χ0n) is 16.6. The Kier molecular flexibility index (Phi) is 6.22. The third-order valence-corrected chi connectivity index (χ3v) is 5.52. The second-order valence-corrected chi connectivity index (χ2v) is 7.58. The molecule has 2 aliphatic heterocycles. The predicted octanol–water partition coefficient (Wildman–Crippen LogP) is 3.01. The van der Waals surface area contributed by atoms with Gasteiger partial charge < -0.3 is 15.0 Å². The molecule has 2 aromatic carbocycles. The van der Waals surface area contributed by atoms with E-state index in [1.807, 2.05) is 41.3 Å². The highest BCUT2D eigenvalue weighted by Crippen LogP contribution is 2.21. The summed E-state index contributed by atoms with van der Waals surface area (Å²) in [4.78, 5) is 29.7. The van der Waals surface area contributed by atoms with Crippen molar-refractivity contribution in [1.82, 2.24) is 9.80 Å². The Balaban J connectivity index is 1.42. The lowest BCUT2D eigenvalue weighted by atomic mass is 10.1. The van der Waals surface area contributed by atoms with E-state index in [0.29, 0.717) is 16.8 Å². The smallest absolute Gasteiger partial charge is 0.255 e. The Hall–Kier alpha value is -2.70. The maximum Gasteiger partial charge on any atom is 0.255 e. The molecule has 0 saturated carbocycles. The van der Waals surface area contributed by atoms with E-state index in [1.54, 1.807) is 12.1 Å². The lowest BCUT2D eigenvalue weighted by molar-refractivity contribution is 0.0342. The van der Waals surface area contributed by atoms with E-state index in [1.165, 1.54) is 5.56 Å². The molecule has 2 amide bonds. The summed E-state index contributed by atoms with van der Waals surface area (Å²) in [5.74, 6) is -0.219. The molecule has 0 unspecified atom stereocenters. The van der Waals surface area contributed by atoms with Gasteiger partial charge in [-0.2, -0.15) is 0 Å². The molecular formula is C23H27N3O3. The molecule has 0 aliphatic carbocycles. The van der Waals surface area contributed by atoms with Gasteiger partial charge in [-0.1, -0.05) is 24.3 Å². The maximum absolute atomic E-state index is 12.8. The Labute approximate surface area is 171 Å². The largest absolute Gasteiger partial charge is 0.379 e. The first-order valence-electron chi connectivity index (χ1n) is 10.3. The van der Waals surface area contributed by atoms with Crippen LogP contribution >= 0.6 is 0 Å². The SMILES string of the molecule is O=C(Nc1ccccc1C(=O)N1CCCC1)c1ccc(CN2CCOCC2)cc1. The van der Waals surface area contributed by atoms with Crippen molar-refractivity contribution in [2.45, 2.75) is 19.4 Å². The standard InChI is InChI=1S/C23H27N3O3/c27-22(19-9-7-18(8-10-19)17-25-13-15-29-16-14-25)24-21-6-2-1-5-20(21)23(28)26-11-3-4-12-26/h1-2,5-10H,3-4,11-17H2,(H,24,27). The van der Waals surface area contributed by atoms with Crippen molar-refractivity contribution >= 4 is 17.5 Å². The summed E-state index contributed by atoms with van der Waals surface area (Å²) in [5.41, 5.74) is 2.87. The van der Waals surface area contributed by atoms with E-state index in [4.69, 9.17) is 4.74 Å². The quantitative estimate of drug-likeness (QED) is 0.848. The van der Waals surface area contributed by atoms with Crippen LogP contribution in [0.4, 0.5) is 5.69 Å². The number of carbonyl (C=O) groups excluding carboxylic acids is 2. The molecule has 0 bridgehead atoms. The second kappa shape index (κ2) is 9.20. The van der Waals surface area contributed by atoms with Gasteiger partial charge in [0.2, 0.25) is 0 Å². The van der Waals surface area contributed by atoms with Crippen LogP contribution in [-0.4, -0.2) is 61.0 Å². The molecular weight excluding hydrogens is 366 g/mol. The van der Waals surface area contributed by atoms with Crippen molar-refractivity contribution in [3.05, 3.63) is 65.2 Å². The van der Waals surface area contributed by atoms with Gasteiger partial charge in [0, 0.05) is 38.3 Å². The van der Waals surface area contributed by atoms with Gasteiger partial charge in [0.05, 0.1) is 24.5 Å². The molecule has 152 valence electrons. The van der Waals surface area contributed by atoms with Crippen molar-refractivity contribution < 1.29 is 14.3 Å². The number of morpholine rings is 1. The summed E-state index contributed by atoms with van der Waals surface area (Å²) < 4.78 is 5.38. The zero-order chi connectivity index (χ0) is 20.1. The summed E-state index contributed by atoms with van der Waals surface area (Å²) in [5, 5.41) is 2.92. The van der Waals surface area contributed by atoms with Crippen molar-refractivity contribution in [2.24, 2.45) is 0 Å². The van der Waals surface area contributed by atoms with E-state index in [0.717, 1.165) is 58.8 Å². The topological polar surface area (TPSA) is 61.9 Å². The van der Waals surface area contributed by atoms with Gasteiger partial charge in [-0.15, -0.1) is 0 Å². The van der Waals surface area contributed by atoms with Crippen LogP contribution in [0.5, 0.6) is 0 Å². The fourth-order valence-electron chi connectivity index (χ4n) is 3.84. The van der Waals surface area contributed by atoms with Crippen molar-refractivity contribution in [1.29, 1.82) is 0 Å². The zero-order valence-corrected chi connectivity index (χ0v) is 16.6. The number of likely N-dealkylation sites (tertiary alicyclic amines) is 1. The summed E-state index contributed by atoms with van der Waals surface area (Å²) in [6.45, 7) is 5.84. The number of rotatable bonds is 5. The molecule has 0 radical (unpaired) electrons. The average molecular weight is 393 g/mol. The molecule has 29 heavy (non-hydrogen) atoms. The van der Waals surface area contributed by atoms with Crippen molar-refractivity contribution in [2.75, 3.05) is 44.7 Å². The van der Waals surface area contributed by atoms with Gasteiger partial charge in [0.1, 0.15) is 0 Å². The van der Waals surface area contributed by atoms with Crippen LogP contribution in [0, 0.1) is 0 Å². The number of hydrogen-bond donors (Lipinski definition) is 1. The summed E-state index contributed by atoms with van der Waals surface area (Å²) >= 11 is 0. The van der Waals surface area contributed by atoms with Gasteiger partial charge in [0.15, 0.2) is 0 Å². The highest BCUT2D eigenvalue weighted by Gasteiger charge is 2.22. The number of benzene rings is 2. The van der Waals surface area contributed by atoms with Gasteiger partial charge in [0.25, 0.3) is 11.8 Å². The minimum atomic E-state index is -0.204. The number of carbonyl (C=O) groups is 2. The lowest BCUT2D eigenvalue weighted by Gasteiger charge is -2.26. The maximum atomic E-state index is 12.8. The molecule has 0 aromatic heterocycles. The van der Waals surface area contributed by atoms with Gasteiger partial charge in [-0.25, -0.2) is 0 Å². The van der Waals surface area contributed by atoms with E-state index in [-0.39, 0.29) is 11.8 Å². The van der Waals surface area contributed by atoms with Crippen LogP contribution in [0.1, 0.15) is 39.1 Å². The monoisotopic (exact) mass is 393 g/mol. The molecule has 2 heterocycles. The number of para-hydroxylation sites is 1. The summed E-state index contributed by atoms with van der Waals surface area (Å²) in [7, 11) is 0. The predicted molar refractivity (Wildman–Crippen MR) is 112 cm³/mol. The number of amides is 2. The second-order valence-electron chi connectivity index (χ2n) is 7.58. The van der Waals surface area contributed by atoms with Crippen molar-refractivity contribution in [3.63, 3.8) is 0 Å². The van der Waals surface area contributed by atoms with Crippen LogP contribution in [0.3, 0.4) is 0 Å². The Morgan fingerprint density at radius 2 is 1.59 bits per heavy atom. The molecule has 6 nitrogen and oxygen atoms in total. The summed E-state index contributed by atoms with van der Waals surface area (Å²) in [6, 6.07) is 14.9. The number of ether oxygens (including phenoxy) is 1. The van der Waals surface area contributed by atoms with E-state index in [9.17, 15) is 9.59 Å². The molecule has 2 saturated heterocycles. The number of nitrogens with zero attached hydrogens (tertiary/aromatic N) is 2. The molecule has 0 atom stereocenters. The van der Waals surface area contributed by atoms with Crippen LogP contribution in [0.15, 0.2) is 48.5 Å². The fraction of sp³-hybridized carbons (Fsp3) is 0.391. The number of hydrogen-bond acceptors (Lipinski definition) is 4. The first kappa shape index (κ1) is 19.6. The van der Waals surface area contributed by atoms with Gasteiger partial charge in [-0.05, 0) is 42.7 Å². The molecule has 1 N–H and O–H groups in total. The van der Waals surface area contributed by atoms with E-state index in [2.05, 4.69) is 10.2 Å². The highest BCUT2D eigenvalue weighted by molar-refractivity contribution is 6.09. The lowest BCUT2D eigenvalue weighted by Crippen LogP contribution is -2.35. The molecule has 2 aromatic rings. The number of anilines is 1. The minimum Gasteiger partial charge on any atom is -0.379 e. The third kappa shape index (κ3) is 4.83. The Morgan fingerprint density at radius 1 is 0.897 bits per heavy atom. The third-order valence-electron chi connectivity index (χ3n) is 5.52. The van der Waals surface area contributed by atoms with E-state index < -0.39 is 0 Å². The average Bonchev–Trinajstić information content (AvgIpc) is 3.30. The fourth-order valence-corrected chi connectivity index (χ4v) is 3.84. The van der Waals surface area contributed by atoms with Crippen LogP contribution in [0.25, 0.3) is 0 Å². The molecule has 0 spiro atoms. The van der Waals surface area contributed by atoms with Crippen LogP contribution in [-0.2, 0) is 11.3 Å². The highest BCUT2D eigenvalue weighted by atomic mass is 16.5.